The van der Waals surface area contributed by atoms with Crippen molar-refractivity contribution in [1.82, 2.24) is 5.01 Å². The van der Waals surface area contributed by atoms with Crippen LogP contribution in [0.4, 0.5) is 0 Å². The predicted molar refractivity (Wildman–Crippen MR) is 81.9 cm³/mol. The van der Waals surface area contributed by atoms with Crippen molar-refractivity contribution in [3.8, 4) is 17.2 Å². The number of piperazine rings is 1. The Bertz CT molecular complexity index is 497. The number of benzene rings is 1. The summed E-state index contributed by atoms with van der Waals surface area (Å²) in [7, 11) is 7.07. The summed E-state index contributed by atoms with van der Waals surface area (Å²) in [4.78, 5) is 1.55. The van der Waals surface area contributed by atoms with Crippen LogP contribution in [0.25, 0.3) is 0 Å². The van der Waals surface area contributed by atoms with E-state index in [0.29, 0.717) is 11.5 Å². The molecule has 1 fully saturated rings. The minimum absolute atomic E-state index is 0.648. The summed E-state index contributed by atoms with van der Waals surface area (Å²) < 4.78 is 16.0. The molecule has 0 saturated carbocycles. The highest BCUT2D eigenvalue weighted by atomic mass is 16.5. The van der Waals surface area contributed by atoms with E-state index in [1.165, 1.54) is 0 Å². The molecule has 0 radical (unpaired) electrons. The lowest BCUT2D eigenvalue weighted by Gasteiger charge is -2.27. The van der Waals surface area contributed by atoms with Crippen LogP contribution in [0.2, 0.25) is 0 Å². The van der Waals surface area contributed by atoms with Crippen LogP contribution in [0.15, 0.2) is 17.2 Å². The summed E-state index contributed by atoms with van der Waals surface area (Å²) in [6.45, 7) is 4.16. The van der Waals surface area contributed by atoms with E-state index in [4.69, 9.17) is 14.2 Å². The van der Waals surface area contributed by atoms with Crippen LogP contribution in [-0.2, 0) is 0 Å². The van der Waals surface area contributed by atoms with Gasteiger partial charge in [0.25, 0.3) is 0 Å². The fourth-order valence-corrected chi connectivity index (χ4v) is 2.29. The Morgan fingerprint density at radius 3 is 2.14 bits per heavy atom. The highest BCUT2D eigenvalue weighted by molar-refractivity contribution is 5.85. The smallest absolute Gasteiger partial charge is 0.164 e. The fourth-order valence-electron chi connectivity index (χ4n) is 2.29. The van der Waals surface area contributed by atoms with Crippen molar-refractivity contribution >= 4 is 6.21 Å². The molecule has 0 aliphatic carbocycles. The summed E-state index contributed by atoms with van der Waals surface area (Å²) in [5, 5.41) is 6.63. The third-order valence-corrected chi connectivity index (χ3v) is 3.69. The van der Waals surface area contributed by atoms with Crippen LogP contribution in [-0.4, -0.2) is 65.8 Å². The molecular weight excluding hydrogens is 270 g/mol. The Labute approximate surface area is 125 Å². The van der Waals surface area contributed by atoms with Crippen molar-refractivity contribution < 1.29 is 19.1 Å². The van der Waals surface area contributed by atoms with Gasteiger partial charge in [-0.3, -0.25) is 5.01 Å². The lowest BCUT2D eigenvalue weighted by Crippen LogP contribution is -3.11. The molecule has 0 aromatic heterocycles. The molecule has 6 nitrogen and oxygen atoms in total. The van der Waals surface area contributed by atoms with Crippen LogP contribution < -0.4 is 19.1 Å². The minimum atomic E-state index is 0.648. The summed E-state index contributed by atoms with van der Waals surface area (Å²) >= 11 is 0. The standard InChI is InChI=1S/C15H23N3O3/c1-17-5-7-18(8-6-17)16-11-12-9-14(20-3)15(21-4)10-13(12)19-2/h9-11H,5-8H2,1-4H3/p+1/b16-11-. The van der Waals surface area contributed by atoms with Crippen LogP contribution in [0.5, 0.6) is 17.2 Å². The number of nitrogens with one attached hydrogen (secondary N) is 1. The zero-order valence-corrected chi connectivity index (χ0v) is 13.2. The van der Waals surface area contributed by atoms with Crippen molar-refractivity contribution in [2.75, 3.05) is 54.6 Å². The van der Waals surface area contributed by atoms with Crippen LogP contribution in [0.1, 0.15) is 5.56 Å². The molecule has 2 rings (SSSR count). The number of quaternary nitrogens is 1. The number of methoxy groups -OCH3 is 3. The number of hydrogen-bond acceptors (Lipinski definition) is 5. The molecule has 1 N–H and O–H groups in total. The Morgan fingerprint density at radius 1 is 1.00 bits per heavy atom. The first-order chi connectivity index (χ1) is 10.2. The van der Waals surface area contributed by atoms with E-state index in [1.54, 1.807) is 26.2 Å². The molecule has 1 aromatic rings. The first-order valence-electron chi connectivity index (χ1n) is 7.08. The topological polar surface area (TPSA) is 47.7 Å². The number of likely N-dealkylation sites (N-methyl/N-ethyl adjacent to an activating group) is 1. The number of hydrazone groups is 1. The van der Waals surface area contributed by atoms with Crippen molar-refractivity contribution in [2.24, 2.45) is 5.10 Å². The third kappa shape index (κ3) is 3.78. The predicted octanol–water partition coefficient (Wildman–Crippen LogP) is -0.123. The van der Waals surface area contributed by atoms with E-state index < -0.39 is 0 Å². The molecule has 21 heavy (non-hydrogen) atoms. The van der Waals surface area contributed by atoms with Crippen molar-refractivity contribution in [1.29, 1.82) is 0 Å². The second-order valence-electron chi connectivity index (χ2n) is 5.10. The van der Waals surface area contributed by atoms with Crippen molar-refractivity contribution in [3.05, 3.63) is 17.7 Å². The van der Waals surface area contributed by atoms with E-state index in [9.17, 15) is 0 Å². The van der Waals surface area contributed by atoms with Gasteiger partial charge in [0.2, 0.25) is 0 Å². The normalized spacial score (nSPS) is 16.3. The second kappa shape index (κ2) is 7.17. The molecule has 0 unspecified atom stereocenters. The van der Waals surface area contributed by atoms with Gasteiger partial charge in [0.1, 0.15) is 5.75 Å². The summed E-state index contributed by atoms with van der Waals surface area (Å²) in [5.74, 6) is 2.04. The van der Waals surface area contributed by atoms with Gasteiger partial charge in [-0.1, -0.05) is 0 Å². The van der Waals surface area contributed by atoms with E-state index in [1.807, 2.05) is 18.3 Å². The van der Waals surface area contributed by atoms with Gasteiger partial charge in [-0.05, 0) is 6.07 Å². The van der Waals surface area contributed by atoms with Gasteiger partial charge in [-0.25, -0.2) is 0 Å². The van der Waals surface area contributed by atoms with E-state index in [0.717, 1.165) is 37.5 Å². The molecule has 0 spiro atoms. The SMILES string of the molecule is COc1cc(OC)c(OC)cc1/C=N\N1CC[NH+](C)CC1. The van der Waals surface area contributed by atoms with E-state index >= 15 is 0 Å². The Hall–Kier alpha value is -1.95. The molecule has 1 aromatic carbocycles. The average molecular weight is 294 g/mol. The first kappa shape index (κ1) is 15.4. The maximum absolute atomic E-state index is 5.39. The van der Waals surface area contributed by atoms with Gasteiger partial charge in [-0.2, -0.15) is 5.10 Å². The van der Waals surface area contributed by atoms with E-state index in [-0.39, 0.29) is 0 Å². The van der Waals surface area contributed by atoms with Gasteiger partial charge < -0.3 is 19.1 Å². The molecule has 0 bridgehead atoms. The van der Waals surface area contributed by atoms with Crippen molar-refractivity contribution in [2.45, 2.75) is 0 Å². The monoisotopic (exact) mass is 294 g/mol. The lowest BCUT2D eigenvalue weighted by atomic mass is 10.2. The first-order valence-corrected chi connectivity index (χ1v) is 7.08. The van der Waals surface area contributed by atoms with E-state index in [2.05, 4.69) is 17.2 Å². The Morgan fingerprint density at radius 2 is 1.57 bits per heavy atom. The van der Waals surface area contributed by atoms with Crippen LogP contribution in [0, 0.1) is 0 Å². The fraction of sp³-hybridized carbons (Fsp3) is 0.533. The molecule has 0 atom stereocenters. The number of ether oxygens (including phenoxy) is 3. The highest BCUT2D eigenvalue weighted by Crippen LogP contribution is 2.33. The van der Waals surface area contributed by atoms with Gasteiger partial charge in [0, 0.05) is 11.6 Å². The van der Waals surface area contributed by atoms with Crippen molar-refractivity contribution in [3.63, 3.8) is 0 Å². The highest BCUT2D eigenvalue weighted by Gasteiger charge is 2.15. The zero-order chi connectivity index (χ0) is 15.2. The number of rotatable bonds is 5. The third-order valence-electron chi connectivity index (χ3n) is 3.69. The second-order valence-corrected chi connectivity index (χ2v) is 5.10. The van der Waals surface area contributed by atoms with Gasteiger partial charge in [-0.15, -0.1) is 0 Å². The van der Waals surface area contributed by atoms with Gasteiger partial charge >= 0.3 is 0 Å². The summed E-state index contributed by atoms with van der Waals surface area (Å²) in [6.07, 6.45) is 1.82. The molecule has 0 amide bonds. The van der Waals surface area contributed by atoms with Crippen LogP contribution >= 0.6 is 0 Å². The number of hydrogen-bond donors (Lipinski definition) is 1. The maximum atomic E-state index is 5.39. The Kier molecular flexibility index (Phi) is 5.27. The molecular formula is C15H24N3O3+. The average Bonchev–Trinajstić information content (AvgIpc) is 2.53. The van der Waals surface area contributed by atoms with Crippen LogP contribution in [0.3, 0.4) is 0 Å². The summed E-state index contributed by atoms with van der Waals surface area (Å²) in [5.41, 5.74) is 0.876. The molecule has 1 saturated heterocycles. The molecule has 1 heterocycles. The number of nitrogens with zero attached hydrogens (tertiary/aromatic N) is 2. The molecule has 6 heteroatoms. The Balaban J connectivity index is 2.18. The minimum Gasteiger partial charge on any atom is -0.496 e. The largest absolute Gasteiger partial charge is 0.496 e. The zero-order valence-electron chi connectivity index (χ0n) is 13.2. The molecule has 1 aliphatic rings. The van der Waals surface area contributed by atoms with Gasteiger partial charge in [0.15, 0.2) is 11.5 Å². The quantitative estimate of drug-likeness (QED) is 0.769. The molecule has 1 aliphatic heterocycles. The molecule has 116 valence electrons. The maximum Gasteiger partial charge on any atom is 0.164 e. The lowest BCUT2D eigenvalue weighted by molar-refractivity contribution is -0.884. The van der Waals surface area contributed by atoms with Gasteiger partial charge in [0.05, 0.1) is 60.8 Å². The summed E-state index contributed by atoms with van der Waals surface area (Å²) in [6, 6.07) is 3.69.